The number of rotatable bonds is 8. The lowest BCUT2D eigenvalue weighted by Crippen LogP contribution is -2.10. The van der Waals surface area contributed by atoms with Gasteiger partial charge in [-0.1, -0.05) is 11.8 Å². The lowest BCUT2D eigenvalue weighted by molar-refractivity contribution is 0.0696. The Morgan fingerprint density at radius 3 is 2.28 bits per heavy atom. The quantitative estimate of drug-likeness (QED) is 0.400. The second-order valence-electron chi connectivity index (χ2n) is 5.89. The Morgan fingerprint density at radius 1 is 1.07 bits per heavy atom. The van der Waals surface area contributed by atoms with E-state index in [1.165, 1.54) is 41.1 Å². The van der Waals surface area contributed by atoms with Gasteiger partial charge in [0.15, 0.2) is 5.78 Å². The zero-order valence-electron chi connectivity index (χ0n) is 15.0. The molecule has 0 aliphatic heterocycles. The molecule has 1 heterocycles. The maximum atomic E-state index is 12.4. The van der Waals surface area contributed by atoms with E-state index < -0.39 is 16.0 Å². The Kier molecular flexibility index (Phi) is 5.94. The lowest BCUT2D eigenvalue weighted by atomic mass is 10.1. The number of thioether (sulfide) groups is 1. The number of Topliss-reactive ketones (excluding diaryl/α,β-unsaturated/α-hetero) is 1. The Labute approximate surface area is 170 Å². The summed E-state index contributed by atoms with van der Waals surface area (Å²) in [4.78, 5) is 23.3. The Hall–Kier alpha value is -3.25. The molecule has 0 spiro atoms. The van der Waals surface area contributed by atoms with Crippen molar-refractivity contribution >= 4 is 39.2 Å². The molecule has 3 rings (SSSR count). The lowest BCUT2D eigenvalue weighted by Gasteiger charge is -2.06. The van der Waals surface area contributed by atoms with Crippen LogP contribution in [-0.2, 0) is 10.0 Å². The van der Waals surface area contributed by atoms with Gasteiger partial charge in [0.05, 0.1) is 23.3 Å². The molecule has 0 radical (unpaired) electrons. The minimum atomic E-state index is -3.39. The number of sulfonamides is 1. The van der Waals surface area contributed by atoms with Crippen molar-refractivity contribution < 1.29 is 23.1 Å². The van der Waals surface area contributed by atoms with E-state index in [9.17, 15) is 18.0 Å². The monoisotopic (exact) mass is 433 g/mol. The first-order chi connectivity index (χ1) is 13.7. The number of hydrogen-bond acceptors (Lipinski definition) is 8. The van der Waals surface area contributed by atoms with Crippen LogP contribution in [-0.4, -0.2) is 57.5 Å². The molecule has 2 N–H and O–H groups in total. The zero-order valence-corrected chi connectivity index (χ0v) is 16.6. The third-order valence-electron chi connectivity index (χ3n) is 3.64. The summed E-state index contributed by atoms with van der Waals surface area (Å²) in [5.41, 5.74) is 1.48. The van der Waals surface area contributed by atoms with Crippen LogP contribution < -0.4 is 4.72 Å². The summed E-state index contributed by atoms with van der Waals surface area (Å²) in [6.07, 6.45) is 1.04. The van der Waals surface area contributed by atoms with Gasteiger partial charge in [-0.15, -0.1) is 5.10 Å². The van der Waals surface area contributed by atoms with E-state index in [0.717, 1.165) is 18.0 Å². The van der Waals surface area contributed by atoms with Gasteiger partial charge in [-0.2, -0.15) is 4.68 Å². The number of carbonyl (C=O) groups is 2. The van der Waals surface area contributed by atoms with Crippen molar-refractivity contribution in [2.75, 3.05) is 16.7 Å². The standard InChI is InChI=1S/C17H15N5O5S2/c1-29(26,27)19-13-6-2-11(3-7-13)15(23)10-28-17-18-20-21-22(17)14-8-4-12(5-9-14)16(24)25/h2-9,19H,10H2,1H3,(H,24,25). The van der Waals surface area contributed by atoms with Crippen molar-refractivity contribution in [3.05, 3.63) is 59.7 Å². The van der Waals surface area contributed by atoms with Crippen LogP contribution in [0.4, 0.5) is 5.69 Å². The Balaban J connectivity index is 1.67. The highest BCUT2D eigenvalue weighted by Crippen LogP contribution is 2.20. The summed E-state index contributed by atoms with van der Waals surface area (Å²) in [6.45, 7) is 0. The second kappa shape index (κ2) is 8.41. The fourth-order valence-electron chi connectivity index (χ4n) is 2.33. The molecule has 2 aromatic carbocycles. The number of aromatic nitrogens is 4. The Bertz CT molecular complexity index is 1140. The van der Waals surface area contributed by atoms with E-state index in [0.29, 0.717) is 22.1 Å². The molecular formula is C17H15N5O5S2. The SMILES string of the molecule is CS(=O)(=O)Nc1ccc(C(=O)CSc2nnnn2-c2ccc(C(=O)O)cc2)cc1. The number of aromatic carboxylic acids is 1. The van der Waals surface area contributed by atoms with Gasteiger partial charge in [-0.25, -0.2) is 13.2 Å². The van der Waals surface area contributed by atoms with Crippen LogP contribution in [0.2, 0.25) is 0 Å². The number of carboxylic acids is 1. The molecule has 0 atom stereocenters. The van der Waals surface area contributed by atoms with E-state index >= 15 is 0 Å². The fraction of sp³-hybridized carbons (Fsp3) is 0.118. The van der Waals surface area contributed by atoms with Crippen molar-refractivity contribution in [2.24, 2.45) is 0 Å². The first-order valence-corrected chi connectivity index (χ1v) is 11.0. The van der Waals surface area contributed by atoms with E-state index in [2.05, 4.69) is 20.2 Å². The highest BCUT2D eigenvalue weighted by molar-refractivity contribution is 7.99. The number of nitrogens with one attached hydrogen (secondary N) is 1. The predicted octanol–water partition coefficient (Wildman–Crippen LogP) is 1.71. The molecule has 10 nitrogen and oxygen atoms in total. The van der Waals surface area contributed by atoms with Crippen molar-refractivity contribution in [3.8, 4) is 5.69 Å². The smallest absolute Gasteiger partial charge is 0.335 e. The highest BCUT2D eigenvalue weighted by Gasteiger charge is 2.14. The number of hydrogen-bond donors (Lipinski definition) is 2. The van der Waals surface area contributed by atoms with Crippen LogP contribution in [0.3, 0.4) is 0 Å². The average Bonchev–Trinajstić information content (AvgIpc) is 3.14. The molecule has 1 aromatic heterocycles. The van der Waals surface area contributed by atoms with Crippen molar-refractivity contribution in [1.82, 2.24) is 20.2 Å². The van der Waals surface area contributed by atoms with Gasteiger partial charge in [0.1, 0.15) is 0 Å². The van der Waals surface area contributed by atoms with Crippen molar-refractivity contribution in [1.29, 1.82) is 0 Å². The van der Waals surface area contributed by atoms with Crippen LogP contribution in [0.15, 0.2) is 53.7 Å². The van der Waals surface area contributed by atoms with E-state index in [1.54, 1.807) is 12.1 Å². The molecule has 0 amide bonds. The van der Waals surface area contributed by atoms with Crippen LogP contribution in [0, 0.1) is 0 Å². The summed E-state index contributed by atoms with van der Waals surface area (Å²) in [5, 5.41) is 20.7. The maximum absolute atomic E-state index is 12.4. The summed E-state index contributed by atoms with van der Waals surface area (Å²) in [7, 11) is -3.39. The molecule has 12 heteroatoms. The molecular weight excluding hydrogens is 418 g/mol. The summed E-state index contributed by atoms with van der Waals surface area (Å²) >= 11 is 1.13. The van der Waals surface area contributed by atoms with Crippen LogP contribution in [0.25, 0.3) is 5.69 Å². The number of benzene rings is 2. The first-order valence-electron chi connectivity index (χ1n) is 8.09. The van der Waals surface area contributed by atoms with Crippen molar-refractivity contribution in [3.63, 3.8) is 0 Å². The van der Waals surface area contributed by atoms with Gasteiger partial charge < -0.3 is 5.11 Å². The third-order valence-corrected chi connectivity index (χ3v) is 5.17. The fourth-order valence-corrected chi connectivity index (χ4v) is 3.68. The predicted molar refractivity (Wildman–Crippen MR) is 106 cm³/mol. The van der Waals surface area contributed by atoms with E-state index in [1.807, 2.05) is 0 Å². The normalized spacial score (nSPS) is 11.2. The van der Waals surface area contributed by atoms with Gasteiger partial charge in [-0.3, -0.25) is 9.52 Å². The van der Waals surface area contributed by atoms with Gasteiger partial charge in [0, 0.05) is 11.3 Å². The molecule has 0 aliphatic rings. The van der Waals surface area contributed by atoms with E-state index in [-0.39, 0.29) is 17.1 Å². The highest BCUT2D eigenvalue weighted by atomic mass is 32.2. The Morgan fingerprint density at radius 2 is 1.69 bits per heavy atom. The molecule has 150 valence electrons. The molecule has 29 heavy (non-hydrogen) atoms. The van der Waals surface area contributed by atoms with Gasteiger partial charge in [0.25, 0.3) is 0 Å². The topological polar surface area (TPSA) is 144 Å². The van der Waals surface area contributed by atoms with Gasteiger partial charge >= 0.3 is 5.97 Å². The number of anilines is 1. The van der Waals surface area contributed by atoms with Crippen LogP contribution >= 0.6 is 11.8 Å². The van der Waals surface area contributed by atoms with E-state index in [4.69, 9.17) is 5.11 Å². The van der Waals surface area contributed by atoms with Gasteiger partial charge in [-0.05, 0) is 59.0 Å². The maximum Gasteiger partial charge on any atom is 0.335 e. The summed E-state index contributed by atoms with van der Waals surface area (Å²) in [6, 6.07) is 12.1. The number of carboxylic acid groups (broad SMARTS) is 1. The molecule has 0 bridgehead atoms. The molecule has 0 unspecified atom stereocenters. The summed E-state index contributed by atoms with van der Waals surface area (Å²) < 4.78 is 26.2. The summed E-state index contributed by atoms with van der Waals surface area (Å²) in [5.74, 6) is -1.16. The third kappa shape index (κ3) is 5.39. The number of nitrogens with zero attached hydrogens (tertiary/aromatic N) is 4. The molecule has 0 saturated heterocycles. The van der Waals surface area contributed by atoms with Crippen LogP contribution in [0.5, 0.6) is 0 Å². The van der Waals surface area contributed by atoms with Gasteiger partial charge in [0.2, 0.25) is 15.2 Å². The molecule has 0 aliphatic carbocycles. The zero-order chi connectivity index (χ0) is 21.0. The first kappa shape index (κ1) is 20.5. The average molecular weight is 433 g/mol. The molecule has 3 aromatic rings. The van der Waals surface area contributed by atoms with Crippen LogP contribution in [0.1, 0.15) is 20.7 Å². The van der Waals surface area contributed by atoms with Crippen molar-refractivity contribution in [2.45, 2.75) is 5.16 Å². The minimum Gasteiger partial charge on any atom is -0.478 e. The largest absolute Gasteiger partial charge is 0.478 e. The molecule has 0 fully saturated rings. The second-order valence-corrected chi connectivity index (χ2v) is 8.58. The minimum absolute atomic E-state index is 0.0619. The number of carbonyl (C=O) groups excluding carboxylic acids is 1. The number of ketones is 1. The number of tetrazole rings is 1. The molecule has 0 saturated carbocycles.